The summed E-state index contributed by atoms with van der Waals surface area (Å²) in [5.41, 5.74) is 1.02. The number of fused-ring (bicyclic) bond motifs is 1. The van der Waals surface area contributed by atoms with Crippen LogP contribution >= 0.6 is 22.9 Å². The second-order valence-electron chi connectivity index (χ2n) is 3.91. The van der Waals surface area contributed by atoms with E-state index in [1.165, 1.54) is 16.8 Å². The van der Waals surface area contributed by atoms with Gasteiger partial charge in [-0.05, 0) is 23.4 Å². The lowest BCUT2D eigenvalue weighted by Crippen LogP contribution is -2.31. The molecule has 4 nitrogen and oxygen atoms in total. The summed E-state index contributed by atoms with van der Waals surface area (Å²) in [7, 11) is 0. The molecule has 0 fully saturated rings. The van der Waals surface area contributed by atoms with Crippen molar-refractivity contribution in [1.29, 1.82) is 0 Å². The standard InChI is InChI=1S/C11H10ClN3OS/c12-9-10(13-6-14-11(9)16)15-3-1-8-7(5-15)2-4-17-8/h2,4,6H,1,3,5H2,(H,13,14,16). The van der Waals surface area contributed by atoms with E-state index in [0.717, 1.165) is 19.5 Å². The van der Waals surface area contributed by atoms with Gasteiger partial charge in [-0.3, -0.25) is 4.79 Å². The van der Waals surface area contributed by atoms with E-state index in [1.54, 1.807) is 11.3 Å². The molecular formula is C11H10ClN3OS. The lowest BCUT2D eigenvalue weighted by atomic mass is 10.1. The third-order valence-electron chi connectivity index (χ3n) is 2.89. The van der Waals surface area contributed by atoms with Crippen LogP contribution in [0.15, 0.2) is 22.6 Å². The number of H-pyrrole nitrogens is 1. The molecule has 0 atom stereocenters. The molecule has 17 heavy (non-hydrogen) atoms. The monoisotopic (exact) mass is 267 g/mol. The molecule has 0 aliphatic carbocycles. The molecule has 2 aromatic heterocycles. The van der Waals surface area contributed by atoms with Crippen molar-refractivity contribution in [2.75, 3.05) is 11.4 Å². The maximum absolute atomic E-state index is 11.4. The normalized spacial score (nSPS) is 14.8. The van der Waals surface area contributed by atoms with Crippen LogP contribution in [-0.2, 0) is 13.0 Å². The number of aromatic nitrogens is 2. The lowest BCUT2D eigenvalue weighted by Gasteiger charge is -2.28. The van der Waals surface area contributed by atoms with Crippen molar-refractivity contribution in [2.24, 2.45) is 0 Å². The number of anilines is 1. The molecule has 6 heteroatoms. The van der Waals surface area contributed by atoms with Crippen molar-refractivity contribution >= 4 is 28.8 Å². The van der Waals surface area contributed by atoms with E-state index in [4.69, 9.17) is 11.6 Å². The number of nitrogens with one attached hydrogen (secondary N) is 1. The van der Waals surface area contributed by atoms with Gasteiger partial charge in [0.2, 0.25) is 0 Å². The first kappa shape index (κ1) is 10.8. The zero-order valence-electron chi connectivity index (χ0n) is 8.94. The van der Waals surface area contributed by atoms with E-state index in [0.29, 0.717) is 5.82 Å². The summed E-state index contributed by atoms with van der Waals surface area (Å²) < 4.78 is 0. The minimum Gasteiger partial charge on any atom is -0.350 e. The summed E-state index contributed by atoms with van der Waals surface area (Å²) >= 11 is 7.76. The van der Waals surface area contributed by atoms with Gasteiger partial charge < -0.3 is 9.88 Å². The quantitative estimate of drug-likeness (QED) is 0.860. The Kier molecular flexibility index (Phi) is 2.64. The molecule has 0 saturated carbocycles. The van der Waals surface area contributed by atoms with Crippen molar-refractivity contribution in [1.82, 2.24) is 9.97 Å². The van der Waals surface area contributed by atoms with Crippen LogP contribution in [0.1, 0.15) is 10.4 Å². The molecule has 0 spiro atoms. The van der Waals surface area contributed by atoms with Crippen molar-refractivity contribution in [2.45, 2.75) is 13.0 Å². The number of halogens is 1. The Morgan fingerprint density at radius 1 is 1.53 bits per heavy atom. The Morgan fingerprint density at radius 3 is 3.29 bits per heavy atom. The third kappa shape index (κ3) is 1.85. The largest absolute Gasteiger partial charge is 0.350 e. The Bertz CT molecular complexity index is 607. The summed E-state index contributed by atoms with van der Waals surface area (Å²) in [5.74, 6) is 0.576. The molecule has 88 valence electrons. The number of nitrogens with zero attached hydrogens (tertiary/aromatic N) is 2. The molecule has 0 radical (unpaired) electrons. The van der Waals surface area contributed by atoms with Gasteiger partial charge in [0.05, 0.1) is 6.33 Å². The lowest BCUT2D eigenvalue weighted by molar-refractivity contribution is 0.729. The first-order valence-corrected chi connectivity index (χ1v) is 6.55. The predicted octanol–water partition coefficient (Wildman–Crippen LogP) is 2.05. The van der Waals surface area contributed by atoms with Crippen LogP contribution < -0.4 is 10.5 Å². The Hall–Kier alpha value is -1.33. The fourth-order valence-corrected chi connectivity index (χ4v) is 3.14. The Morgan fingerprint density at radius 2 is 2.41 bits per heavy atom. The van der Waals surface area contributed by atoms with E-state index in [1.807, 2.05) is 4.90 Å². The van der Waals surface area contributed by atoms with Gasteiger partial charge >= 0.3 is 0 Å². The summed E-state index contributed by atoms with van der Waals surface area (Å²) in [6.45, 7) is 1.62. The van der Waals surface area contributed by atoms with Crippen LogP contribution in [0.2, 0.25) is 5.02 Å². The van der Waals surface area contributed by atoms with E-state index in [2.05, 4.69) is 21.4 Å². The van der Waals surface area contributed by atoms with Gasteiger partial charge in [-0.2, -0.15) is 0 Å². The average molecular weight is 268 g/mol. The number of aromatic amines is 1. The zero-order valence-corrected chi connectivity index (χ0v) is 10.5. The number of hydrogen-bond donors (Lipinski definition) is 1. The third-order valence-corrected chi connectivity index (χ3v) is 4.25. The molecule has 1 N–H and O–H groups in total. The molecule has 0 saturated heterocycles. The van der Waals surface area contributed by atoms with Crippen LogP contribution in [0.3, 0.4) is 0 Å². The smallest absolute Gasteiger partial charge is 0.271 e. The highest BCUT2D eigenvalue weighted by molar-refractivity contribution is 7.10. The molecule has 2 aromatic rings. The molecule has 3 rings (SSSR count). The average Bonchev–Trinajstić information content (AvgIpc) is 2.79. The summed E-state index contributed by atoms with van der Waals surface area (Å²) in [5, 5.41) is 2.27. The van der Waals surface area contributed by atoms with E-state index >= 15 is 0 Å². The minimum atomic E-state index is -0.284. The number of thiophene rings is 1. The van der Waals surface area contributed by atoms with Crippen LogP contribution in [0.5, 0.6) is 0 Å². The summed E-state index contributed by atoms with van der Waals surface area (Å²) in [6, 6.07) is 2.12. The van der Waals surface area contributed by atoms with Crippen molar-refractivity contribution in [3.8, 4) is 0 Å². The van der Waals surface area contributed by atoms with Crippen LogP contribution in [0.25, 0.3) is 0 Å². The van der Waals surface area contributed by atoms with E-state index in [-0.39, 0.29) is 10.6 Å². The first-order chi connectivity index (χ1) is 8.25. The number of hydrogen-bond acceptors (Lipinski definition) is 4. The van der Waals surface area contributed by atoms with E-state index < -0.39 is 0 Å². The Labute approximate surface area is 107 Å². The molecule has 0 amide bonds. The SMILES string of the molecule is O=c1[nH]cnc(N2CCc3sccc3C2)c1Cl. The van der Waals surface area contributed by atoms with Crippen molar-refractivity contribution in [3.63, 3.8) is 0 Å². The zero-order chi connectivity index (χ0) is 11.8. The van der Waals surface area contributed by atoms with Crippen LogP contribution in [0.4, 0.5) is 5.82 Å². The van der Waals surface area contributed by atoms with Crippen molar-refractivity contribution in [3.05, 3.63) is 43.6 Å². The highest BCUT2D eigenvalue weighted by Crippen LogP contribution is 2.28. The molecule has 3 heterocycles. The van der Waals surface area contributed by atoms with Gasteiger partial charge in [0.1, 0.15) is 5.02 Å². The Balaban J connectivity index is 1.97. The maximum Gasteiger partial charge on any atom is 0.271 e. The molecule has 0 unspecified atom stereocenters. The van der Waals surface area contributed by atoms with Gasteiger partial charge in [0.15, 0.2) is 5.82 Å². The van der Waals surface area contributed by atoms with Gasteiger partial charge in [0.25, 0.3) is 5.56 Å². The van der Waals surface area contributed by atoms with Gasteiger partial charge in [-0.1, -0.05) is 11.6 Å². The van der Waals surface area contributed by atoms with Gasteiger partial charge in [0, 0.05) is 18.0 Å². The first-order valence-electron chi connectivity index (χ1n) is 5.29. The molecule has 0 aromatic carbocycles. The molecular weight excluding hydrogens is 258 g/mol. The fraction of sp³-hybridized carbons (Fsp3) is 0.273. The van der Waals surface area contributed by atoms with Gasteiger partial charge in [-0.25, -0.2) is 4.98 Å². The minimum absolute atomic E-state index is 0.172. The number of rotatable bonds is 1. The summed E-state index contributed by atoms with van der Waals surface area (Å²) in [6.07, 6.45) is 2.38. The second-order valence-corrected chi connectivity index (χ2v) is 5.29. The maximum atomic E-state index is 11.4. The molecule has 1 aliphatic rings. The highest BCUT2D eigenvalue weighted by Gasteiger charge is 2.21. The fourth-order valence-electron chi connectivity index (χ4n) is 2.02. The van der Waals surface area contributed by atoms with E-state index in [9.17, 15) is 4.79 Å². The second kappa shape index (κ2) is 4.16. The summed E-state index contributed by atoms with van der Waals surface area (Å²) in [4.78, 5) is 21.5. The topological polar surface area (TPSA) is 49.0 Å². The molecule has 1 aliphatic heterocycles. The predicted molar refractivity (Wildman–Crippen MR) is 68.9 cm³/mol. The highest BCUT2D eigenvalue weighted by atomic mass is 35.5. The van der Waals surface area contributed by atoms with Crippen molar-refractivity contribution < 1.29 is 0 Å². The molecule has 0 bridgehead atoms. The van der Waals surface area contributed by atoms with Crippen LogP contribution in [-0.4, -0.2) is 16.5 Å². The van der Waals surface area contributed by atoms with Crippen LogP contribution in [0, 0.1) is 0 Å². The van der Waals surface area contributed by atoms with Gasteiger partial charge in [-0.15, -0.1) is 11.3 Å².